The van der Waals surface area contributed by atoms with Gasteiger partial charge in [0.2, 0.25) is 5.91 Å². The Morgan fingerprint density at radius 3 is 3.00 bits per heavy atom. The van der Waals surface area contributed by atoms with Crippen molar-refractivity contribution in [3.63, 3.8) is 0 Å². The topological polar surface area (TPSA) is 53.3 Å². The molecule has 0 N–H and O–H groups in total. The van der Waals surface area contributed by atoms with Gasteiger partial charge >= 0.3 is 0 Å². The predicted octanol–water partition coefficient (Wildman–Crippen LogP) is 0.951. The Morgan fingerprint density at radius 1 is 1.71 bits per heavy atom. The van der Waals surface area contributed by atoms with Crippen molar-refractivity contribution < 1.29 is 9.53 Å². The Morgan fingerprint density at radius 2 is 2.43 bits per heavy atom. The van der Waals surface area contributed by atoms with E-state index in [4.69, 9.17) is 10.00 Å². The Labute approximate surface area is 84.8 Å². The number of amides is 1. The summed E-state index contributed by atoms with van der Waals surface area (Å²) in [6.45, 7) is 4.59. The Balaban J connectivity index is 3.52. The summed E-state index contributed by atoms with van der Waals surface area (Å²) in [5.74, 6) is -0.0932. The molecule has 0 saturated heterocycles. The fourth-order valence-electron chi connectivity index (χ4n) is 0.779. The smallest absolute Gasteiger partial charge is 0.248 e. The minimum absolute atomic E-state index is 0.0791. The first-order chi connectivity index (χ1) is 6.72. The third kappa shape index (κ3) is 6.21. The van der Waals surface area contributed by atoms with Crippen LogP contribution in [0.5, 0.6) is 0 Å². The van der Waals surface area contributed by atoms with Gasteiger partial charge in [-0.05, 0) is 6.42 Å². The first kappa shape index (κ1) is 12.7. The standard InChI is InChI=1S/C10H16N2O2/c1-3-4-8-14-9-10(13)12(2)7-5-6-11/h3H,1,4-5,7-9H2,2H3. The van der Waals surface area contributed by atoms with Crippen LogP contribution in [0.15, 0.2) is 12.7 Å². The molecular formula is C10H16N2O2. The van der Waals surface area contributed by atoms with Crippen LogP contribution < -0.4 is 0 Å². The van der Waals surface area contributed by atoms with Crippen molar-refractivity contribution >= 4 is 5.91 Å². The summed E-state index contributed by atoms with van der Waals surface area (Å²) >= 11 is 0. The van der Waals surface area contributed by atoms with E-state index in [1.54, 1.807) is 13.1 Å². The van der Waals surface area contributed by atoms with E-state index in [1.165, 1.54) is 4.90 Å². The van der Waals surface area contributed by atoms with Crippen molar-refractivity contribution in [3.05, 3.63) is 12.7 Å². The van der Waals surface area contributed by atoms with Crippen molar-refractivity contribution in [1.82, 2.24) is 4.90 Å². The molecule has 4 heteroatoms. The molecular weight excluding hydrogens is 180 g/mol. The van der Waals surface area contributed by atoms with Crippen LogP contribution in [0.4, 0.5) is 0 Å². The van der Waals surface area contributed by atoms with E-state index in [1.807, 2.05) is 6.07 Å². The van der Waals surface area contributed by atoms with Crippen molar-refractivity contribution in [2.24, 2.45) is 0 Å². The van der Waals surface area contributed by atoms with Crippen LogP contribution in [0.1, 0.15) is 12.8 Å². The molecule has 0 aliphatic heterocycles. The van der Waals surface area contributed by atoms with Gasteiger partial charge in [0.05, 0.1) is 19.1 Å². The lowest BCUT2D eigenvalue weighted by Crippen LogP contribution is -2.31. The van der Waals surface area contributed by atoms with Gasteiger partial charge in [-0.25, -0.2) is 0 Å². The summed E-state index contributed by atoms with van der Waals surface area (Å²) in [5, 5.41) is 8.31. The van der Waals surface area contributed by atoms with Gasteiger partial charge < -0.3 is 9.64 Å². The predicted molar refractivity (Wildman–Crippen MR) is 53.5 cm³/mol. The number of carbonyl (C=O) groups is 1. The number of hydrogen-bond acceptors (Lipinski definition) is 3. The van der Waals surface area contributed by atoms with Crippen LogP contribution in [-0.2, 0) is 9.53 Å². The second-order valence-electron chi connectivity index (χ2n) is 2.85. The van der Waals surface area contributed by atoms with Crippen LogP contribution >= 0.6 is 0 Å². The molecule has 14 heavy (non-hydrogen) atoms. The highest BCUT2D eigenvalue weighted by atomic mass is 16.5. The Hall–Kier alpha value is -1.34. The SMILES string of the molecule is C=CCCOCC(=O)N(C)CCC#N. The van der Waals surface area contributed by atoms with Gasteiger partial charge in [0.1, 0.15) is 6.61 Å². The molecule has 78 valence electrons. The highest BCUT2D eigenvalue weighted by Gasteiger charge is 2.07. The summed E-state index contributed by atoms with van der Waals surface area (Å²) in [6, 6.07) is 1.98. The molecule has 0 unspecified atom stereocenters. The zero-order valence-corrected chi connectivity index (χ0v) is 8.53. The minimum Gasteiger partial charge on any atom is -0.371 e. The van der Waals surface area contributed by atoms with Gasteiger partial charge in [-0.2, -0.15) is 5.26 Å². The molecule has 0 heterocycles. The fourth-order valence-corrected chi connectivity index (χ4v) is 0.779. The van der Waals surface area contributed by atoms with E-state index in [9.17, 15) is 4.79 Å². The second-order valence-corrected chi connectivity index (χ2v) is 2.85. The van der Waals surface area contributed by atoms with Crippen LogP contribution in [-0.4, -0.2) is 37.6 Å². The highest BCUT2D eigenvalue weighted by molar-refractivity contribution is 5.77. The highest BCUT2D eigenvalue weighted by Crippen LogP contribution is 1.90. The van der Waals surface area contributed by atoms with E-state index in [0.717, 1.165) is 6.42 Å². The van der Waals surface area contributed by atoms with E-state index in [0.29, 0.717) is 19.6 Å². The summed E-state index contributed by atoms with van der Waals surface area (Å²) in [7, 11) is 1.66. The molecule has 0 fully saturated rings. The first-order valence-electron chi connectivity index (χ1n) is 4.52. The quantitative estimate of drug-likeness (QED) is 0.450. The van der Waals surface area contributed by atoms with Gasteiger partial charge in [0.25, 0.3) is 0 Å². The Bertz CT molecular complexity index is 221. The molecule has 0 bridgehead atoms. The maximum Gasteiger partial charge on any atom is 0.248 e. The van der Waals surface area contributed by atoms with E-state index in [2.05, 4.69) is 6.58 Å². The molecule has 0 aromatic carbocycles. The Kier molecular flexibility index (Phi) is 7.48. The first-order valence-corrected chi connectivity index (χ1v) is 4.52. The number of nitriles is 1. The van der Waals surface area contributed by atoms with Crippen LogP contribution in [0.3, 0.4) is 0 Å². The molecule has 0 aliphatic rings. The molecule has 0 aromatic heterocycles. The van der Waals surface area contributed by atoms with Gasteiger partial charge in [-0.15, -0.1) is 6.58 Å². The lowest BCUT2D eigenvalue weighted by atomic mass is 10.4. The number of ether oxygens (including phenoxy) is 1. The summed E-state index contributed by atoms with van der Waals surface area (Å²) < 4.78 is 5.09. The number of hydrogen-bond donors (Lipinski definition) is 0. The van der Waals surface area contributed by atoms with Crippen LogP contribution in [0, 0.1) is 11.3 Å². The van der Waals surface area contributed by atoms with Gasteiger partial charge in [0, 0.05) is 13.6 Å². The number of carbonyl (C=O) groups excluding carboxylic acids is 1. The summed E-state index contributed by atoms with van der Waals surface area (Å²) in [5.41, 5.74) is 0. The zero-order chi connectivity index (χ0) is 10.8. The molecule has 4 nitrogen and oxygen atoms in total. The number of rotatable bonds is 7. The molecule has 0 aliphatic carbocycles. The third-order valence-corrected chi connectivity index (χ3v) is 1.68. The molecule has 1 amide bonds. The number of nitrogens with zero attached hydrogens (tertiary/aromatic N) is 2. The lowest BCUT2D eigenvalue weighted by molar-refractivity contribution is -0.134. The normalized spacial score (nSPS) is 9.14. The van der Waals surface area contributed by atoms with E-state index >= 15 is 0 Å². The van der Waals surface area contributed by atoms with E-state index < -0.39 is 0 Å². The molecule has 0 radical (unpaired) electrons. The maximum absolute atomic E-state index is 11.3. The van der Waals surface area contributed by atoms with Crippen molar-refractivity contribution in [2.75, 3.05) is 26.8 Å². The molecule has 0 atom stereocenters. The van der Waals surface area contributed by atoms with Gasteiger partial charge in [-0.1, -0.05) is 6.08 Å². The summed E-state index contributed by atoms with van der Waals surface area (Å²) in [6.07, 6.45) is 2.84. The third-order valence-electron chi connectivity index (χ3n) is 1.68. The number of likely N-dealkylation sites (N-methyl/N-ethyl adjacent to an activating group) is 1. The average molecular weight is 196 g/mol. The van der Waals surface area contributed by atoms with Crippen molar-refractivity contribution in [1.29, 1.82) is 5.26 Å². The zero-order valence-electron chi connectivity index (χ0n) is 8.53. The largest absolute Gasteiger partial charge is 0.371 e. The monoisotopic (exact) mass is 196 g/mol. The van der Waals surface area contributed by atoms with Gasteiger partial charge in [0.15, 0.2) is 0 Å². The van der Waals surface area contributed by atoms with Gasteiger partial charge in [-0.3, -0.25) is 4.79 Å². The second kappa shape index (κ2) is 8.27. The fraction of sp³-hybridized carbons (Fsp3) is 0.600. The maximum atomic E-state index is 11.3. The van der Waals surface area contributed by atoms with Crippen molar-refractivity contribution in [2.45, 2.75) is 12.8 Å². The lowest BCUT2D eigenvalue weighted by Gasteiger charge is -2.14. The molecule has 0 spiro atoms. The minimum atomic E-state index is -0.0932. The molecule has 0 saturated carbocycles. The van der Waals surface area contributed by atoms with E-state index in [-0.39, 0.29) is 12.5 Å². The molecule has 0 rings (SSSR count). The summed E-state index contributed by atoms with van der Waals surface area (Å²) in [4.78, 5) is 12.8. The molecule has 0 aromatic rings. The van der Waals surface area contributed by atoms with Crippen molar-refractivity contribution in [3.8, 4) is 6.07 Å². The van der Waals surface area contributed by atoms with Crippen LogP contribution in [0.2, 0.25) is 0 Å². The average Bonchev–Trinajstić information content (AvgIpc) is 2.20. The van der Waals surface area contributed by atoms with Crippen LogP contribution in [0.25, 0.3) is 0 Å².